The largest absolute Gasteiger partial charge is 0.301 e. The smallest absolute Gasteiger partial charge is 0.0544 e. The third-order valence-electron chi connectivity index (χ3n) is 4.43. The second-order valence-electron chi connectivity index (χ2n) is 6.33. The normalized spacial score (nSPS) is 15.9. The fourth-order valence-electron chi connectivity index (χ4n) is 3.17. The molecule has 0 saturated heterocycles. The molecule has 23 heavy (non-hydrogen) atoms. The van der Waals surface area contributed by atoms with Gasteiger partial charge in [0.25, 0.3) is 0 Å². The van der Waals surface area contributed by atoms with E-state index in [-0.39, 0.29) is 0 Å². The van der Waals surface area contributed by atoms with Crippen molar-refractivity contribution in [2.24, 2.45) is 0 Å². The summed E-state index contributed by atoms with van der Waals surface area (Å²) in [5.74, 6) is 0. The van der Waals surface area contributed by atoms with Gasteiger partial charge in [-0.1, -0.05) is 31.4 Å². The minimum atomic E-state index is 0.665. The number of pyridine rings is 2. The second kappa shape index (κ2) is 8.75. The molecule has 4 nitrogen and oxygen atoms in total. The Labute approximate surface area is 139 Å². The molecule has 0 unspecified atom stereocenters. The lowest BCUT2D eigenvalue weighted by Crippen LogP contribution is -2.40. The zero-order valence-electron chi connectivity index (χ0n) is 13.7. The minimum absolute atomic E-state index is 0.665. The van der Waals surface area contributed by atoms with Crippen LogP contribution in [0.4, 0.5) is 0 Å². The highest BCUT2D eigenvalue weighted by Gasteiger charge is 2.15. The van der Waals surface area contributed by atoms with Gasteiger partial charge in [0.05, 0.1) is 11.4 Å². The molecule has 0 aromatic carbocycles. The summed E-state index contributed by atoms with van der Waals surface area (Å²) in [4.78, 5) is 11.3. The molecule has 1 aliphatic rings. The van der Waals surface area contributed by atoms with E-state index in [1.54, 1.807) is 0 Å². The molecule has 1 saturated carbocycles. The van der Waals surface area contributed by atoms with Gasteiger partial charge in [-0.3, -0.25) is 14.9 Å². The first-order chi connectivity index (χ1) is 11.4. The lowest BCUT2D eigenvalue weighted by molar-refractivity contribution is 0.206. The number of rotatable bonds is 7. The van der Waals surface area contributed by atoms with Crippen LogP contribution in [0.25, 0.3) is 0 Å². The van der Waals surface area contributed by atoms with Crippen molar-refractivity contribution >= 4 is 0 Å². The van der Waals surface area contributed by atoms with Crippen molar-refractivity contribution in [1.82, 2.24) is 20.2 Å². The van der Waals surface area contributed by atoms with Crippen LogP contribution in [0.3, 0.4) is 0 Å². The van der Waals surface area contributed by atoms with Crippen molar-refractivity contribution in [1.29, 1.82) is 0 Å². The van der Waals surface area contributed by atoms with Gasteiger partial charge < -0.3 is 5.32 Å². The van der Waals surface area contributed by atoms with E-state index in [0.717, 1.165) is 31.1 Å². The fraction of sp³-hybridized carbons (Fsp3) is 0.474. The Hall–Kier alpha value is -1.78. The molecular weight excluding hydrogens is 284 g/mol. The zero-order chi connectivity index (χ0) is 15.7. The van der Waals surface area contributed by atoms with Gasteiger partial charge in [0.2, 0.25) is 0 Å². The number of hydrogen-bond donors (Lipinski definition) is 1. The third-order valence-corrected chi connectivity index (χ3v) is 4.43. The van der Waals surface area contributed by atoms with Gasteiger partial charge in [0, 0.05) is 38.2 Å². The first-order valence-electron chi connectivity index (χ1n) is 8.66. The molecule has 0 aliphatic heterocycles. The average Bonchev–Trinajstić information content (AvgIpc) is 2.62. The summed E-state index contributed by atoms with van der Waals surface area (Å²) in [7, 11) is 0. The Morgan fingerprint density at radius 3 is 2.00 bits per heavy atom. The number of nitrogens with zero attached hydrogens (tertiary/aromatic N) is 3. The van der Waals surface area contributed by atoms with Crippen molar-refractivity contribution in [3.8, 4) is 0 Å². The quantitative estimate of drug-likeness (QED) is 0.796. The molecule has 0 atom stereocenters. The van der Waals surface area contributed by atoms with Crippen LogP contribution < -0.4 is 5.32 Å². The van der Waals surface area contributed by atoms with Gasteiger partial charge in [-0.25, -0.2) is 0 Å². The highest BCUT2D eigenvalue weighted by Crippen LogP contribution is 2.17. The Bertz CT molecular complexity index is 511. The predicted octanol–water partition coefficient (Wildman–Crippen LogP) is 3.36. The second-order valence-corrected chi connectivity index (χ2v) is 6.33. The van der Waals surface area contributed by atoms with Crippen LogP contribution in [0.15, 0.2) is 48.8 Å². The number of aromatic nitrogens is 2. The van der Waals surface area contributed by atoms with E-state index in [2.05, 4.69) is 44.5 Å². The summed E-state index contributed by atoms with van der Waals surface area (Å²) in [6.07, 6.45) is 10.5. The van der Waals surface area contributed by atoms with E-state index in [4.69, 9.17) is 0 Å². The highest BCUT2D eigenvalue weighted by molar-refractivity contribution is 5.06. The highest BCUT2D eigenvalue weighted by atomic mass is 15.2. The van der Waals surface area contributed by atoms with E-state index in [1.165, 1.54) is 32.1 Å². The van der Waals surface area contributed by atoms with Gasteiger partial charge in [0.1, 0.15) is 0 Å². The van der Waals surface area contributed by atoms with Gasteiger partial charge in [-0.05, 0) is 37.1 Å². The first kappa shape index (κ1) is 16.1. The van der Waals surface area contributed by atoms with Crippen LogP contribution in [0.1, 0.15) is 43.5 Å². The Morgan fingerprint density at radius 2 is 1.48 bits per heavy atom. The van der Waals surface area contributed by atoms with Crippen molar-refractivity contribution in [3.05, 3.63) is 60.2 Å². The average molecular weight is 310 g/mol. The van der Waals surface area contributed by atoms with Gasteiger partial charge in [-0.2, -0.15) is 0 Å². The molecule has 1 aliphatic carbocycles. The zero-order valence-corrected chi connectivity index (χ0v) is 13.7. The van der Waals surface area contributed by atoms with E-state index in [0.29, 0.717) is 6.04 Å². The molecule has 0 radical (unpaired) electrons. The van der Waals surface area contributed by atoms with Crippen molar-refractivity contribution in [2.75, 3.05) is 6.67 Å². The standard InChI is InChI=1S/C19H26N4/c1-2-8-17(9-3-1)22-16-23(14-18-10-4-6-12-20-18)15-19-11-5-7-13-21-19/h4-7,10-13,17,22H,1-3,8-9,14-16H2. The van der Waals surface area contributed by atoms with Crippen LogP contribution >= 0.6 is 0 Å². The molecule has 2 heterocycles. The third kappa shape index (κ3) is 5.41. The lowest BCUT2D eigenvalue weighted by Gasteiger charge is -2.28. The topological polar surface area (TPSA) is 41.0 Å². The van der Waals surface area contributed by atoms with Crippen LogP contribution in [0, 0.1) is 0 Å². The van der Waals surface area contributed by atoms with Crippen LogP contribution in [-0.2, 0) is 13.1 Å². The molecule has 1 fully saturated rings. The van der Waals surface area contributed by atoms with Crippen LogP contribution in [0.5, 0.6) is 0 Å². The maximum atomic E-state index is 4.47. The molecule has 0 spiro atoms. The number of hydrogen-bond acceptors (Lipinski definition) is 4. The van der Waals surface area contributed by atoms with Gasteiger partial charge in [-0.15, -0.1) is 0 Å². The lowest BCUT2D eigenvalue weighted by atomic mass is 9.96. The Kier molecular flexibility index (Phi) is 6.12. The fourth-order valence-corrected chi connectivity index (χ4v) is 3.17. The molecule has 1 N–H and O–H groups in total. The summed E-state index contributed by atoms with van der Waals surface area (Å²) in [6, 6.07) is 12.9. The maximum Gasteiger partial charge on any atom is 0.0544 e. The van der Waals surface area contributed by atoms with Crippen LogP contribution in [0.2, 0.25) is 0 Å². The van der Waals surface area contributed by atoms with Crippen molar-refractivity contribution in [2.45, 2.75) is 51.2 Å². The van der Waals surface area contributed by atoms with Crippen LogP contribution in [-0.4, -0.2) is 27.6 Å². The molecule has 0 amide bonds. The van der Waals surface area contributed by atoms with E-state index in [9.17, 15) is 0 Å². The summed E-state index contributed by atoms with van der Waals surface area (Å²) >= 11 is 0. The van der Waals surface area contributed by atoms with Gasteiger partial charge >= 0.3 is 0 Å². The summed E-state index contributed by atoms with van der Waals surface area (Å²) in [6.45, 7) is 2.58. The monoisotopic (exact) mass is 310 g/mol. The number of nitrogens with one attached hydrogen (secondary N) is 1. The van der Waals surface area contributed by atoms with E-state index >= 15 is 0 Å². The molecule has 0 bridgehead atoms. The Balaban J connectivity index is 1.60. The molecule has 122 valence electrons. The molecule has 2 aromatic rings. The van der Waals surface area contributed by atoms with Crippen molar-refractivity contribution in [3.63, 3.8) is 0 Å². The van der Waals surface area contributed by atoms with Gasteiger partial charge in [0.15, 0.2) is 0 Å². The first-order valence-corrected chi connectivity index (χ1v) is 8.66. The SMILES string of the molecule is c1ccc(CN(CNC2CCCCC2)Cc2ccccn2)nc1. The minimum Gasteiger partial charge on any atom is -0.301 e. The molecular formula is C19H26N4. The van der Waals surface area contributed by atoms with E-state index < -0.39 is 0 Å². The summed E-state index contributed by atoms with van der Waals surface area (Å²) in [5, 5.41) is 3.73. The molecule has 2 aromatic heterocycles. The molecule has 3 rings (SSSR count). The van der Waals surface area contributed by atoms with Crippen molar-refractivity contribution < 1.29 is 0 Å². The van der Waals surface area contributed by atoms with E-state index in [1.807, 2.05) is 24.5 Å². The summed E-state index contributed by atoms with van der Waals surface area (Å²) < 4.78 is 0. The summed E-state index contributed by atoms with van der Waals surface area (Å²) in [5.41, 5.74) is 2.21. The predicted molar refractivity (Wildman–Crippen MR) is 92.6 cm³/mol. The maximum absolute atomic E-state index is 4.47. The Morgan fingerprint density at radius 1 is 0.870 bits per heavy atom. The molecule has 4 heteroatoms.